The molecule has 0 saturated carbocycles. The minimum absolute atomic E-state index is 0.224. The molecule has 0 aromatic heterocycles. The predicted octanol–water partition coefficient (Wildman–Crippen LogP) is 3.10. The summed E-state index contributed by atoms with van der Waals surface area (Å²) < 4.78 is 19.1. The normalized spacial score (nSPS) is 21.7. The number of nitrogens with zero attached hydrogens (tertiary/aromatic N) is 1. The van der Waals surface area contributed by atoms with E-state index in [2.05, 4.69) is 11.9 Å². The van der Waals surface area contributed by atoms with Crippen molar-refractivity contribution in [2.75, 3.05) is 20.2 Å². The number of likely N-dealkylation sites (tertiary alicyclic amines) is 1. The third kappa shape index (κ3) is 3.93. The van der Waals surface area contributed by atoms with Crippen molar-refractivity contribution in [1.29, 1.82) is 0 Å². The summed E-state index contributed by atoms with van der Waals surface area (Å²) in [5.74, 6) is 0.441. The summed E-state index contributed by atoms with van der Waals surface area (Å²) in [5.41, 5.74) is 6.60. The maximum Gasteiger partial charge on any atom is 0.124 e. The van der Waals surface area contributed by atoms with Crippen LogP contribution in [-0.2, 0) is 0 Å². The highest BCUT2D eigenvalue weighted by molar-refractivity contribution is 5.36. The van der Waals surface area contributed by atoms with Gasteiger partial charge in [0.25, 0.3) is 0 Å². The Labute approximate surface area is 120 Å². The summed E-state index contributed by atoms with van der Waals surface area (Å²) in [7, 11) is 2.18. The van der Waals surface area contributed by atoms with Gasteiger partial charge in [0, 0.05) is 17.6 Å². The Bertz CT molecular complexity index is 436. The van der Waals surface area contributed by atoms with Crippen molar-refractivity contribution in [2.24, 2.45) is 5.73 Å². The van der Waals surface area contributed by atoms with Gasteiger partial charge in [-0.1, -0.05) is 6.42 Å². The highest BCUT2D eigenvalue weighted by atomic mass is 19.1. The van der Waals surface area contributed by atoms with Gasteiger partial charge in [-0.2, -0.15) is 0 Å². The Morgan fingerprint density at radius 1 is 1.45 bits per heavy atom. The molecule has 0 bridgehead atoms. The van der Waals surface area contributed by atoms with E-state index in [4.69, 9.17) is 10.5 Å². The Kier molecular flexibility index (Phi) is 5.38. The fraction of sp³-hybridized carbons (Fsp3) is 0.625. The van der Waals surface area contributed by atoms with Crippen molar-refractivity contribution in [3.8, 4) is 5.75 Å². The van der Waals surface area contributed by atoms with Crippen LogP contribution in [0.5, 0.6) is 5.75 Å². The molecule has 1 heterocycles. The van der Waals surface area contributed by atoms with Gasteiger partial charge in [-0.05, 0) is 58.0 Å². The van der Waals surface area contributed by atoms with E-state index < -0.39 is 0 Å². The Morgan fingerprint density at radius 3 is 2.95 bits per heavy atom. The summed E-state index contributed by atoms with van der Waals surface area (Å²) in [6.07, 6.45) is 4.84. The van der Waals surface area contributed by atoms with Gasteiger partial charge < -0.3 is 15.4 Å². The van der Waals surface area contributed by atoms with Crippen molar-refractivity contribution in [1.82, 2.24) is 4.90 Å². The van der Waals surface area contributed by atoms with E-state index in [9.17, 15) is 4.39 Å². The molecular weight excluding hydrogens is 255 g/mol. The Balaban J connectivity index is 1.90. The van der Waals surface area contributed by atoms with E-state index in [-0.39, 0.29) is 11.9 Å². The molecule has 1 aromatic carbocycles. The van der Waals surface area contributed by atoms with Gasteiger partial charge >= 0.3 is 0 Å². The molecule has 1 aliphatic rings. The van der Waals surface area contributed by atoms with Crippen molar-refractivity contribution < 1.29 is 9.13 Å². The average molecular weight is 280 g/mol. The summed E-state index contributed by atoms with van der Waals surface area (Å²) in [5, 5.41) is 0. The van der Waals surface area contributed by atoms with Crippen LogP contribution in [0.3, 0.4) is 0 Å². The van der Waals surface area contributed by atoms with Gasteiger partial charge in [0.1, 0.15) is 11.6 Å². The van der Waals surface area contributed by atoms with E-state index >= 15 is 0 Å². The first-order valence-corrected chi connectivity index (χ1v) is 7.46. The second-order valence-corrected chi connectivity index (χ2v) is 5.74. The number of hydrogen-bond acceptors (Lipinski definition) is 3. The minimum Gasteiger partial charge on any atom is -0.493 e. The predicted molar refractivity (Wildman–Crippen MR) is 79.4 cm³/mol. The van der Waals surface area contributed by atoms with E-state index in [0.717, 1.165) is 12.0 Å². The largest absolute Gasteiger partial charge is 0.493 e. The first-order chi connectivity index (χ1) is 9.58. The molecule has 2 atom stereocenters. The van der Waals surface area contributed by atoms with E-state index in [1.165, 1.54) is 37.9 Å². The molecule has 4 heteroatoms. The van der Waals surface area contributed by atoms with Gasteiger partial charge in [0.05, 0.1) is 6.61 Å². The molecule has 20 heavy (non-hydrogen) atoms. The van der Waals surface area contributed by atoms with Crippen molar-refractivity contribution >= 4 is 0 Å². The summed E-state index contributed by atoms with van der Waals surface area (Å²) >= 11 is 0. The zero-order chi connectivity index (χ0) is 14.5. The van der Waals surface area contributed by atoms with Gasteiger partial charge in [0.15, 0.2) is 0 Å². The maximum atomic E-state index is 13.3. The summed E-state index contributed by atoms with van der Waals surface area (Å²) in [6.45, 7) is 3.67. The second kappa shape index (κ2) is 7.04. The smallest absolute Gasteiger partial charge is 0.124 e. The average Bonchev–Trinajstić information content (AvgIpc) is 2.42. The van der Waals surface area contributed by atoms with E-state index in [1.807, 2.05) is 6.92 Å². The first kappa shape index (κ1) is 15.3. The molecule has 1 aliphatic heterocycles. The maximum absolute atomic E-state index is 13.3. The van der Waals surface area contributed by atoms with Gasteiger partial charge in [-0.15, -0.1) is 0 Å². The molecule has 0 radical (unpaired) electrons. The van der Waals surface area contributed by atoms with Gasteiger partial charge in [-0.3, -0.25) is 0 Å². The summed E-state index contributed by atoms with van der Waals surface area (Å²) in [6, 6.07) is 4.94. The van der Waals surface area contributed by atoms with Crippen LogP contribution in [0, 0.1) is 5.82 Å². The molecule has 2 rings (SSSR count). The molecule has 0 aliphatic carbocycles. The molecule has 0 amide bonds. The van der Waals surface area contributed by atoms with Crippen LogP contribution in [-0.4, -0.2) is 31.1 Å². The highest BCUT2D eigenvalue weighted by Crippen LogP contribution is 2.25. The lowest BCUT2D eigenvalue weighted by molar-refractivity contribution is 0.152. The third-order valence-electron chi connectivity index (χ3n) is 4.09. The molecule has 0 spiro atoms. The monoisotopic (exact) mass is 280 g/mol. The quantitative estimate of drug-likeness (QED) is 0.900. The zero-order valence-corrected chi connectivity index (χ0v) is 12.4. The van der Waals surface area contributed by atoms with Crippen LogP contribution in [0.25, 0.3) is 0 Å². The van der Waals surface area contributed by atoms with Crippen LogP contribution in [0.2, 0.25) is 0 Å². The molecule has 1 aromatic rings. The number of hydrogen-bond donors (Lipinski definition) is 1. The lowest BCUT2D eigenvalue weighted by atomic mass is 10.0. The molecule has 1 fully saturated rings. The van der Waals surface area contributed by atoms with Crippen molar-refractivity contribution in [3.63, 3.8) is 0 Å². The number of benzene rings is 1. The lowest BCUT2D eigenvalue weighted by Crippen LogP contribution is -2.37. The minimum atomic E-state index is -0.267. The molecule has 1 unspecified atom stereocenters. The van der Waals surface area contributed by atoms with Crippen LogP contribution in [0.1, 0.15) is 44.2 Å². The van der Waals surface area contributed by atoms with Crippen molar-refractivity contribution in [3.05, 3.63) is 29.6 Å². The molecule has 2 N–H and O–H groups in total. The fourth-order valence-corrected chi connectivity index (χ4v) is 2.82. The number of rotatable bonds is 5. The number of piperidine rings is 1. The fourth-order valence-electron chi connectivity index (χ4n) is 2.82. The number of nitrogens with two attached hydrogens (primary N) is 1. The third-order valence-corrected chi connectivity index (χ3v) is 4.09. The van der Waals surface area contributed by atoms with Crippen LogP contribution in [0.4, 0.5) is 4.39 Å². The zero-order valence-electron chi connectivity index (χ0n) is 12.4. The van der Waals surface area contributed by atoms with Crippen LogP contribution < -0.4 is 10.5 Å². The highest BCUT2D eigenvalue weighted by Gasteiger charge is 2.19. The standard InChI is InChI=1S/C16H25FN2O/c1-12(18)15-11-13(17)6-7-16(15)20-10-8-14-5-3-4-9-19(14)2/h6-7,11-12,14H,3-5,8-10,18H2,1-2H3/t12-,14?/m0/s1. The SMILES string of the molecule is C[C@H](N)c1cc(F)ccc1OCCC1CCCCN1C. The Hall–Kier alpha value is -1.13. The van der Waals surface area contributed by atoms with Gasteiger partial charge in [0.2, 0.25) is 0 Å². The molecule has 112 valence electrons. The van der Waals surface area contributed by atoms with E-state index in [0.29, 0.717) is 18.4 Å². The van der Waals surface area contributed by atoms with Crippen LogP contribution in [0.15, 0.2) is 18.2 Å². The van der Waals surface area contributed by atoms with E-state index in [1.54, 1.807) is 6.07 Å². The lowest BCUT2D eigenvalue weighted by Gasteiger charge is -2.32. The van der Waals surface area contributed by atoms with Crippen molar-refractivity contribution in [2.45, 2.75) is 44.7 Å². The number of ether oxygens (including phenoxy) is 1. The first-order valence-electron chi connectivity index (χ1n) is 7.46. The molecule has 1 saturated heterocycles. The second-order valence-electron chi connectivity index (χ2n) is 5.74. The topological polar surface area (TPSA) is 38.5 Å². The summed E-state index contributed by atoms with van der Waals surface area (Å²) in [4.78, 5) is 2.41. The Morgan fingerprint density at radius 2 is 2.25 bits per heavy atom. The number of halogens is 1. The molecular formula is C16H25FN2O. The van der Waals surface area contributed by atoms with Gasteiger partial charge in [-0.25, -0.2) is 4.39 Å². The van der Waals surface area contributed by atoms with Crippen LogP contribution >= 0.6 is 0 Å². The molecule has 3 nitrogen and oxygen atoms in total.